The molecule has 0 aliphatic heterocycles. The van der Waals surface area contributed by atoms with Crippen LogP contribution in [0.1, 0.15) is 19.5 Å². The van der Waals surface area contributed by atoms with Crippen LogP contribution in [0.25, 0.3) is 10.8 Å². The first-order chi connectivity index (χ1) is 6.57. The minimum atomic E-state index is -0.388. The van der Waals surface area contributed by atoms with Gasteiger partial charge in [0.2, 0.25) is 0 Å². The molecule has 3 N–H and O–H groups in total. The number of aromatic nitrogens is 3. The van der Waals surface area contributed by atoms with Crippen molar-refractivity contribution in [2.24, 2.45) is 5.73 Å². The topological polar surface area (TPSA) is 67.6 Å². The van der Waals surface area contributed by atoms with Gasteiger partial charge in [0.05, 0.1) is 11.2 Å². The van der Waals surface area contributed by atoms with Crippen LogP contribution in [-0.2, 0) is 5.54 Å². The van der Waals surface area contributed by atoms with Gasteiger partial charge in [-0.2, -0.15) is 0 Å². The SMILES string of the molecule is CC(C)(N)c1csc(-c2ncc[nH]2)n1. The molecule has 0 atom stereocenters. The van der Waals surface area contributed by atoms with Gasteiger partial charge in [0.1, 0.15) is 0 Å². The molecule has 0 aliphatic rings. The van der Waals surface area contributed by atoms with E-state index in [1.165, 1.54) is 0 Å². The Morgan fingerprint density at radius 3 is 2.79 bits per heavy atom. The van der Waals surface area contributed by atoms with Crippen molar-refractivity contribution in [3.8, 4) is 10.8 Å². The number of aromatic amines is 1. The number of nitrogens with two attached hydrogens (primary N) is 1. The zero-order valence-corrected chi connectivity index (χ0v) is 8.93. The molecule has 2 aromatic rings. The molecule has 2 rings (SSSR count). The van der Waals surface area contributed by atoms with Crippen molar-refractivity contribution in [3.63, 3.8) is 0 Å². The average Bonchev–Trinajstić information content (AvgIpc) is 2.73. The molecule has 0 spiro atoms. The lowest BCUT2D eigenvalue weighted by atomic mass is 10.0. The van der Waals surface area contributed by atoms with Crippen molar-refractivity contribution in [3.05, 3.63) is 23.5 Å². The highest BCUT2D eigenvalue weighted by Gasteiger charge is 2.18. The highest BCUT2D eigenvalue weighted by Crippen LogP contribution is 2.24. The molecule has 0 unspecified atom stereocenters. The third-order valence-electron chi connectivity index (χ3n) is 1.87. The van der Waals surface area contributed by atoms with Gasteiger partial charge in [-0.15, -0.1) is 11.3 Å². The quantitative estimate of drug-likeness (QED) is 0.789. The van der Waals surface area contributed by atoms with Crippen LogP contribution >= 0.6 is 11.3 Å². The fourth-order valence-electron chi connectivity index (χ4n) is 1.06. The molecule has 2 aromatic heterocycles. The van der Waals surface area contributed by atoms with Crippen LogP contribution in [0.4, 0.5) is 0 Å². The lowest BCUT2D eigenvalue weighted by Crippen LogP contribution is -2.28. The summed E-state index contributed by atoms with van der Waals surface area (Å²) in [5, 5.41) is 2.85. The molecule has 0 aromatic carbocycles. The Hall–Kier alpha value is -1.20. The zero-order valence-electron chi connectivity index (χ0n) is 8.11. The molecule has 14 heavy (non-hydrogen) atoms. The summed E-state index contributed by atoms with van der Waals surface area (Å²) in [5.74, 6) is 0.797. The molecule has 0 aliphatic carbocycles. The standard InChI is InChI=1S/C9H12N4S/c1-9(2,10)6-5-14-8(13-6)7-11-3-4-12-7/h3-5H,10H2,1-2H3,(H,11,12). The summed E-state index contributed by atoms with van der Waals surface area (Å²) in [5.41, 5.74) is 6.45. The minimum absolute atomic E-state index is 0.388. The third-order valence-corrected chi connectivity index (χ3v) is 2.71. The largest absolute Gasteiger partial charge is 0.343 e. The first-order valence-corrected chi connectivity index (χ1v) is 5.20. The number of thiazole rings is 1. The van der Waals surface area contributed by atoms with E-state index < -0.39 is 0 Å². The van der Waals surface area contributed by atoms with Gasteiger partial charge in [-0.3, -0.25) is 0 Å². The average molecular weight is 208 g/mol. The summed E-state index contributed by atoms with van der Waals surface area (Å²) < 4.78 is 0. The fourth-order valence-corrected chi connectivity index (χ4v) is 2.01. The monoisotopic (exact) mass is 208 g/mol. The summed E-state index contributed by atoms with van der Waals surface area (Å²) in [6.45, 7) is 3.88. The number of nitrogens with one attached hydrogen (secondary N) is 1. The van der Waals surface area contributed by atoms with Gasteiger partial charge in [-0.1, -0.05) is 0 Å². The number of rotatable bonds is 2. The van der Waals surface area contributed by atoms with Gasteiger partial charge in [0.25, 0.3) is 0 Å². The molecule has 5 heteroatoms. The Bertz CT molecular complexity index is 410. The third kappa shape index (κ3) is 1.69. The fraction of sp³-hybridized carbons (Fsp3) is 0.333. The molecule has 0 amide bonds. The second-order valence-corrected chi connectivity index (χ2v) is 4.56. The second-order valence-electron chi connectivity index (χ2n) is 3.70. The predicted molar refractivity (Wildman–Crippen MR) is 56.9 cm³/mol. The molecule has 0 bridgehead atoms. The van der Waals surface area contributed by atoms with E-state index in [1.54, 1.807) is 23.7 Å². The van der Waals surface area contributed by atoms with Crippen molar-refractivity contribution >= 4 is 11.3 Å². The molecule has 4 nitrogen and oxygen atoms in total. The van der Waals surface area contributed by atoms with Crippen LogP contribution < -0.4 is 5.73 Å². The highest BCUT2D eigenvalue weighted by molar-refractivity contribution is 7.13. The van der Waals surface area contributed by atoms with E-state index in [1.807, 2.05) is 19.2 Å². The lowest BCUT2D eigenvalue weighted by molar-refractivity contribution is 0.539. The second kappa shape index (κ2) is 3.18. The van der Waals surface area contributed by atoms with Gasteiger partial charge in [-0.25, -0.2) is 9.97 Å². The van der Waals surface area contributed by atoms with Gasteiger partial charge in [-0.05, 0) is 13.8 Å². The van der Waals surface area contributed by atoms with Crippen LogP contribution in [0.3, 0.4) is 0 Å². The summed E-state index contributed by atoms with van der Waals surface area (Å²) in [7, 11) is 0. The summed E-state index contributed by atoms with van der Waals surface area (Å²) in [6.07, 6.45) is 3.49. The van der Waals surface area contributed by atoms with Gasteiger partial charge < -0.3 is 10.7 Å². The van der Waals surface area contributed by atoms with Crippen LogP contribution in [0, 0.1) is 0 Å². The first-order valence-electron chi connectivity index (χ1n) is 4.32. The Morgan fingerprint density at radius 1 is 1.50 bits per heavy atom. The first kappa shape index (κ1) is 9.36. The lowest BCUT2D eigenvalue weighted by Gasteiger charge is -2.14. The van der Waals surface area contributed by atoms with Crippen LogP contribution in [0.5, 0.6) is 0 Å². The van der Waals surface area contributed by atoms with E-state index in [4.69, 9.17) is 5.73 Å². The smallest absolute Gasteiger partial charge is 0.166 e. The predicted octanol–water partition coefficient (Wildman–Crippen LogP) is 1.73. The van der Waals surface area contributed by atoms with E-state index in [2.05, 4.69) is 15.0 Å². The van der Waals surface area contributed by atoms with Crippen molar-refractivity contribution in [1.82, 2.24) is 15.0 Å². The van der Waals surface area contributed by atoms with E-state index >= 15 is 0 Å². The molecule has 0 fully saturated rings. The van der Waals surface area contributed by atoms with E-state index in [0.717, 1.165) is 16.5 Å². The van der Waals surface area contributed by atoms with Crippen molar-refractivity contribution in [2.75, 3.05) is 0 Å². The Labute approximate surface area is 86.2 Å². The Balaban J connectivity index is 2.36. The van der Waals surface area contributed by atoms with Gasteiger partial charge in [0.15, 0.2) is 10.8 Å². The zero-order chi connectivity index (χ0) is 10.2. The maximum absolute atomic E-state index is 5.94. The number of H-pyrrole nitrogens is 1. The summed E-state index contributed by atoms with van der Waals surface area (Å²) in [6, 6.07) is 0. The van der Waals surface area contributed by atoms with Crippen molar-refractivity contribution in [1.29, 1.82) is 0 Å². The molecular weight excluding hydrogens is 196 g/mol. The maximum Gasteiger partial charge on any atom is 0.166 e. The number of nitrogens with zero attached hydrogens (tertiary/aromatic N) is 2. The highest BCUT2D eigenvalue weighted by atomic mass is 32.1. The Kier molecular flexibility index (Phi) is 2.13. The molecule has 0 radical (unpaired) electrons. The maximum atomic E-state index is 5.94. The van der Waals surface area contributed by atoms with Crippen LogP contribution in [0.15, 0.2) is 17.8 Å². The van der Waals surface area contributed by atoms with Crippen molar-refractivity contribution in [2.45, 2.75) is 19.4 Å². The molecule has 0 saturated heterocycles. The van der Waals surface area contributed by atoms with Crippen molar-refractivity contribution < 1.29 is 0 Å². The molecular formula is C9H12N4S. The minimum Gasteiger partial charge on any atom is -0.343 e. The normalized spacial score (nSPS) is 11.9. The number of hydrogen-bond donors (Lipinski definition) is 2. The molecule has 2 heterocycles. The van der Waals surface area contributed by atoms with Crippen LogP contribution in [-0.4, -0.2) is 15.0 Å². The van der Waals surface area contributed by atoms with E-state index in [9.17, 15) is 0 Å². The number of imidazole rings is 1. The summed E-state index contributed by atoms with van der Waals surface area (Å²) in [4.78, 5) is 11.6. The molecule has 74 valence electrons. The number of hydrogen-bond acceptors (Lipinski definition) is 4. The van der Waals surface area contributed by atoms with Gasteiger partial charge >= 0.3 is 0 Å². The molecule has 0 saturated carbocycles. The van der Waals surface area contributed by atoms with Crippen LogP contribution in [0.2, 0.25) is 0 Å². The summed E-state index contributed by atoms with van der Waals surface area (Å²) >= 11 is 1.55. The Morgan fingerprint density at radius 2 is 2.29 bits per heavy atom. The van der Waals surface area contributed by atoms with E-state index in [0.29, 0.717) is 0 Å². The van der Waals surface area contributed by atoms with Gasteiger partial charge in [0, 0.05) is 17.8 Å². The van der Waals surface area contributed by atoms with E-state index in [-0.39, 0.29) is 5.54 Å².